The fraction of sp³-hybridized carbons (Fsp3) is 0.952. The average molecular weight is 962 g/mol. The lowest BCUT2D eigenvalue weighted by atomic mass is 10.0. The van der Waals surface area contributed by atoms with Crippen molar-refractivity contribution in [2.75, 3.05) is 13.2 Å². The SMILES string of the molecule is CCCCCCCCCCCCCCCCCCCCC(=O)O[C@H](COC(=O)CCCCCCCCCCCCCCCCCC)COC(=O)CCCCCCCCCCCCCCCC(C)C. The molecule has 6 nitrogen and oxygen atoms in total. The van der Waals surface area contributed by atoms with Crippen LogP contribution >= 0.6 is 0 Å². The van der Waals surface area contributed by atoms with Crippen molar-refractivity contribution in [2.45, 2.75) is 361 Å². The van der Waals surface area contributed by atoms with Gasteiger partial charge in [0.25, 0.3) is 0 Å². The van der Waals surface area contributed by atoms with Crippen LogP contribution in [-0.2, 0) is 28.6 Å². The van der Waals surface area contributed by atoms with Crippen LogP contribution in [0.1, 0.15) is 355 Å². The number of carbonyl (C=O) groups is 3. The smallest absolute Gasteiger partial charge is 0.306 e. The molecule has 0 aliphatic carbocycles. The highest BCUT2D eigenvalue weighted by Crippen LogP contribution is 2.18. The van der Waals surface area contributed by atoms with Gasteiger partial charge in [0, 0.05) is 19.3 Å². The molecular formula is C62H120O6. The molecular weight excluding hydrogens is 841 g/mol. The number of esters is 3. The summed E-state index contributed by atoms with van der Waals surface area (Å²) in [5, 5.41) is 0. The highest BCUT2D eigenvalue weighted by molar-refractivity contribution is 5.71. The van der Waals surface area contributed by atoms with E-state index in [1.807, 2.05) is 0 Å². The molecule has 0 aliphatic heterocycles. The van der Waals surface area contributed by atoms with E-state index in [1.165, 1.54) is 250 Å². The fourth-order valence-corrected chi connectivity index (χ4v) is 9.63. The van der Waals surface area contributed by atoms with Gasteiger partial charge >= 0.3 is 17.9 Å². The predicted molar refractivity (Wildman–Crippen MR) is 293 cm³/mol. The summed E-state index contributed by atoms with van der Waals surface area (Å²) >= 11 is 0. The van der Waals surface area contributed by atoms with Crippen molar-refractivity contribution in [1.82, 2.24) is 0 Å². The highest BCUT2D eigenvalue weighted by atomic mass is 16.6. The van der Waals surface area contributed by atoms with Crippen molar-refractivity contribution < 1.29 is 28.6 Å². The first kappa shape index (κ1) is 66.4. The van der Waals surface area contributed by atoms with Gasteiger partial charge in [-0.15, -0.1) is 0 Å². The summed E-state index contributed by atoms with van der Waals surface area (Å²) in [6, 6.07) is 0. The molecule has 0 radical (unpaired) electrons. The maximum Gasteiger partial charge on any atom is 0.306 e. The zero-order valence-corrected chi connectivity index (χ0v) is 46.6. The number of hydrogen-bond acceptors (Lipinski definition) is 6. The topological polar surface area (TPSA) is 78.9 Å². The lowest BCUT2D eigenvalue weighted by Crippen LogP contribution is -2.30. The monoisotopic (exact) mass is 961 g/mol. The quantitative estimate of drug-likeness (QED) is 0.0343. The van der Waals surface area contributed by atoms with Gasteiger partial charge in [-0.25, -0.2) is 0 Å². The van der Waals surface area contributed by atoms with Gasteiger partial charge < -0.3 is 14.2 Å². The molecule has 0 aromatic carbocycles. The lowest BCUT2D eigenvalue weighted by molar-refractivity contribution is -0.167. The molecule has 0 rings (SSSR count). The van der Waals surface area contributed by atoms with Gasteiger partial charge in [0.1, 0.15) is 13.2 Å². The van der Waals surface area contributed by atoms with Crippen LogP contribution in [-0.4, -0.2) is 37.2 Å². The van der Waals surface area contributed by atoms with Gasteiger partial charge in [-0.2, -0.15) is 0 Å². The Bertz CT molecular complexity index is 1030. The van der Waals surface area contributed by atoms with Crippen LogP contribution in [0.4, 0.5) is 0 Å². The molecule has 0 heterocycles. The van der Waals surface area contributed by atoms with Gasteiger partial charge in [0.05, 0.1) is 0 Å². The van der Waals surface area contributed by atoms with Crippen molar-refractivity contribution in [3.8, 4) is 0 Å². The van der Waals surface area contributed by atoms with Gasteiger partial charge in [-0.05, 0) is 25.2 Å². The third kappa shape index (κ3) is 55.3. The average Bonchev–Trinajstić information content (AvgIpc) is 3.32. The van der Waals surface area contributed by atoms with Crippen molar-refractivity contribution in [2.24, 2.45) is 5.92 Å². The summed E-state index contributed by atoms with van der Waals surface area (Å²) < 4.78 is 16.9. The molecule has 0 amide bonds. The summed E-state index contributed by atoms with van der Waals surface area (Å²) in [5.41, 5.74) is 0. The van der Waals surface area contributed by atoms with Crippen LogP contribution in [0.3, 0.4) is 0 Å². The van der Waals surface area contributed by atoms with Gasteiger partial charge in [0.15, 0.2) is 6.10 Å². The Hall–Kier alpha value is -1.59. The number of carbonyl (C=O) groups excluding carboxylic acids is 3. The Labute approximate surface area is 425 Å². The maximum absolute atomic E-state index is 12.9. The molecule has 0 aromatic heterocycles. The molecule has 0 aromatic rings. The molecule has 1 atom stereocenters. The van der Waals surface area contributed by atoms with Crippen molar-refractivity contribution in [3.05, 3.63) is 0 Å². The first-order valence-electron chi connectivity index (χ1n) is 30.9. The van der Waals surface area contributed by atoms with Gasteiger partial charge in [-0.3, -0.25) is 14.4 Å². The zero-order chi connectivity index (χ0) is 49.5. The second-order valence-electron chi connectivity index (χ2n) is 21.8. The second kappa shape index (κ2) is 56.3. The van der Waals surface area contributed by atoms with Crippen LogP contribution in [0.2, 0.25) is 0 Å². The minimum absolute atomic E-state index is 0.0614. The summed E-state index contributed by atoms with van der Waals surface area (Å²) in [4.78, 5) is 38.2. The first-order valence-corrected chi connectivity index (χ1v) is 30.9. The minimum atomic E-state index is -0.762. The van der Waals surface area contributed by atoms with Crippen LogP contribution in [0.25, 0.3) is 0 Å². The standard InChI is InChI=1S/C62H120O6/c1-5-7-9-11-13-15-17-19-21-23-24-26-30-35-39-43-47-51-55-62(65)68-59(56-66-60(63)53-49-45-41-37-33-29-25-22-20-18-16-14-12-10-8-6-2)57-67-61(64)54-50-46-42-38-34-31-27-28-32-36-40-44-48-52-58(3)4/h58-59H,5-57H2,1-4H3/t59-/m1/s1. The molecule has 0 unspecified atom stereocenters. The third-order valence-corrected chi connectivity index (χ3v) is 14.3. The Balaban J connectivity index is 4.29. The zero-order valence-electron chi connectivity index (χ0n) is 46.6. The number of unbranched alkanes of at least 4 members (excludes halogenated alkanes) is 44. The molecule has 0 saturated carbocycles. The normalized spacial score (nSPS) is 12.0. The summed E-state index contributed by atoms with van der Waals surface area (Å²) in [7, 11) is 0. The van der Waals surface area contributed by atoms with Crippen molar-refractivity contribution in [3.63, 3.8) is 0 Å². The number of ether oxygens (including phenoxy) is 3. The number of rotatable bonds is 57. The lowest BCUT2D eigenvalue weighted by Gasteiger charge is -2.18. The van der Waals surface area contributed by atoms with Crippen LogP contribution in [0.5, 0.6) is 0 Å². The predicted octanol–water partition coefficient (Wildman–Crippen LogP) is 20.6. The van der Waals surface area contributed by atoms with Crippen LogP contribution in [0.15, 0.2) is 0 Å². The Morgan fingerprint density at radius 1 is 0.279 bits per heavy atom. The van der Waals surface area contributed by atoms with E-state index in [9.17, 15) is 14.4 Å². The highest BCUT2D eigenvalue weighted by Gasteiger charge is 2.19. The summed E-state index contributed by atoms with van der Waals surface area (Å²) in [6.07, 6.45) is 62.4. The third-order valence-electron chi connectivity index (χ3n) is 14.3. The van der Waals surface area contributed by atoms with E-state index >= 15 is 0 Å². The van der Waals surface area contributed by atoms with Crippen molar-refractivity contribution in [1.29, 1.82) is 0 Å². The van der Waals surface area contributed by atoms with E-state index < -0.39 is 6.10 Å². The van der Waals surface area contributed by atoms with E-state index in [0.29, 0.717) is 19.3 Å². The van der Waals surface area contributed by atoms with E-state index in [0.717, 1.165) is 63.7 Å². The summed E-state index contributed by atoms with van der Waals surface area (Å²) in [6.45, 7) is 9.08. The van der Waals surface area contributed by atoms with E-state index in [2.05, 4.69) is 27.7 Å². The maximum atomic E-state index is 12.9. The summed E-state index contributed by atoms with van der Waals surface area (Å²) in [5.74, 6) is 0.00980. The molecule has 0 spiro atoms. The number of hydrogen-bond donors (Lipinski definition) is 0. The Kier molecular flexibility index (Phi) is 55.0. The molecule has 404 valence electrons. The second-order valence-corrected chi connectivity index (χ2v) is 21.8. The molecule has 0 fully saturated rings. The van der Waals surface area contributed by atoms with Crippen LogP contribution in [0, 0.1) is 5.92 Å². The van der Waals surface area contributed by atoms with E-state index in [4.69, 9.17) is 14.2 Å². The molecule has 0 saturated heterocycles. The van der Waals surface area contributed by atoms with Crippen LogP contribution < -0.4 is 0 Å². The van der Waals surface area contributed by atoms with Gasteiger partial charge in [-0.1, -0.05) is 317 Å². The molecule has 6 heteroatoms. The van der Waals surface area contributed by atoms with E-state index in [1.54, 1.807) is 0 Å². The Morgan fingerprint density at radius 3 is 0.721 bits per heavy atom. The fourth-order valence-electron chi connectivity index (χ4n) is 9.63. The largest absolute Gasteiger partial charge is 0.462 e. The Morgan fingerprint density at radius 2 is 0.485 bits per heavy atom. The molecule has 68 heavy (non-hydrogen) atoms. The minimum Gasteiger partial charge on any atom is -0.462 e. The molecule has 0 aliphatic rings. The first-order chi connectivity index (χ1) is 33.4. The van der Waals surface area contributed by atoms with Gasteiger partial charge in [0.2, 0.25) is 0 Å². The van der Waals surface area contributed by atoms with Crippen molar-refractivity contribution >= 4 is 17.9 Å². The molecule has 0 bridgehead atoms. The van der Waals surface area contributed by atoms with E-state index in [-0.39, 0.29) is 31.1 Å². The molecule has 0 N–H and O–H groups in total.